The van der Waals surface area contributed by atoms with E-state index >= 15 is 0 Å². The molecule has 0 aliphatic heterocycles. The summed E-state index contributed by atoms with van der Waals surface area (Å²) in [5.74, 6) is 2.23. The highest BCUT2D eigenvalue weighted by atomic mass is 16.3. The van der Waals surface area contributed by atoms with Crippen molar-refractivity contribution in [1.82, 2.24) is 5.32 Å². The van der Waals surface area contributed by atoms with E-state index in [4.69, 9.17) is 0 Å². The normalized spacial score (nSPS) is 24.1. The fourth-order valence-corrected chi connectivity index (χ4v) is 3.01. The number of aromatic hydroxyl groups is 1. The van der Waals surface area contributed by atoms with Gasteiger partial charge in [-0.2, -0.15) is 0 Å². The summed E-state index contributed by atoms with van der Waals surface area (Å²) < 4.78 is 0. The molecule has 100 valence electrons. The monoisotopic (exact) mass is 247 g/mol. The minimum atomic E-state index is 0.399. The van der Waals surface area contributed by atoms with Gasteiger partial charge in [-0.05, 0) is 37.3 Å². The molecule has 0 bridgehead atoms. The van der Waals surface area contributed by atoms with Crippen LogP contribution in [-0.4, -0.2) is 11.7 Å². The standard InChI is InChI=1S/C16H25NO/c1-13-5-4-6-14(11-13)9-10-17-12-15-7-2-3-8-16(15)18/h2-3,7-8,13-14,17-18H,4-6,9-12H2,1H3. The van der Waals surface area contributed by atoms with E-state index in [-0.39, 0.29) is 0 Å². The topological polar surface area (TPSA) is 32.3 Å². The Balaban J connectivity index is 1.65. The highest BCUT2D eigenvalue weighted by Crippen LogP contribution is 2.30. The molecule has 2 unspecified atom stereocenters. The van der Waals surface area contributed by atoms with Crippen LogP contribution in [0.4, 0.5) is 0 Å². The van der Waals surface area contributed by atoms with Gasteiger partial charge in [0, 0.05) is 12.1 Å². The first-order valence-corrected chi connectivity index (χ1v) is 7.23. The van der Waals surface area contributed by atoms with Crippen LogP contribution in [0, 0.1) is 11.8 Å². The maximum Gasteiger partial charge on any atom is 0.120 e. The Morgan fingerprint density at radius 2 is 2.11 bits per heavy atom. The predicted octanol–water partition coefficient (Wildman–Crippen LogP) is 3.70. The third kappa shape index (κ3) is 4.02. The van der Waals surface area contributed by atoms with Crippen molar-refractivity contribution in [2.24, 2.45) is 11.8 Å². The molecule has 1 saturated carbocycles. The highest BCUT2D eigenvalue weighted by Gasteiger charge is 2.18. The molecule has 2 nitrogen and oxygen atoms in total. The van der Waals surface area contributed by atoms with Crippen LogP contribution in [0.5, 0.6) is 5.75 Å². The first-order chi connectivity index (χ1) is 8.75. The van der Waals surface area contributed by atoms with Gasteiger partial charge in [-0.25, -0.2) is 0 Å². The van der Waals surface area contributed by atoms with Crippen molar-refractivity contribution < 1.29 is 5.11 Å². The molecule has 1 fully saturated rings. The van der Waals surface area contributed by atoms with Crippen LogP contribution < -0.4 is 5.32 Å². The molecule has 0 heterocycles. The minimum Gasteiger partial charge on any atom is -0.508 e. The van der Waals surface area contributed by atoms with Crippen LogP contribution in [0.3, 0.4) is 0 Å². The molecule has 1 aromatic carbocycles. The van der Waals surface area contributed by atoms with Gasteiger partial charge >= 0.3 is 0 Å². The number of hydrogen-bond donors (Lipinski definition) is 2. The molecule has 2 heteroatoms. The van der Waals surface area contributed by atoms with Gasteiger partial charge in [-0.15, -0.1) is 0 Å². The zero-order chi connectivity index (χ0) is 12.8. The number of rotatable bonds is 5. The number of phenolic OH excluding ortho intramolecular Hbond substituents is 1. The second-order valence-electron chi connectivity index (χ2n) is 5.73. The summed E-state index contributed by atoms with van der Waals surface area (Å²) in [5.41, 5.74) is 0.995. The molecule has 2 atom stereocenters. The van der Waals surface area contributed by atoms with Crippen molar-refractivity contribution in [2.75, 3.05) is 6.54 Å². The molecule has 0 aromatic heterocycles. The minimum absolute atomic E-state index is 0.399. The number of para-hydroxylation sites is 1. The molecule has 1 aliphatic carbocycles. The zero-order valence-electron chi connectivity index (χ0n) is 11.4. The smallest absolute Gasteiger partial charge is 0.120 e. The van der Waals surface area contributed by atoms with E-state index in [1.165, 1.54) is 32.1 Å². The average Bonchev–Trinajstić information content (AvgIpc) is 2.37. The van der Waals surface area contributed by atoms with Crippen LogP contribution in [0.2, 0.25) is 0 Å². The first kappa shape index (κ1) is 13.4. The maximum atomic E-state index is 9.65. The van der Waals surface area contributed by atoms with Gasteiger partial charge in [0.1, 0.15) is 5.75 Å². The molecular weight excluding hydrogens is 222 g/mol. The highest BCUT2D eigenvalue weighted by molar-refractivity contribution is 5.31. The van der Waals surface area contributed by atoms with Crippen molar-refractivity contribution in [3.05, 3.63) is 29.8 Å². The lowest BCUT2D eigenvalue weighted by Crippen LogP contribution is -2.21. The quantitative estimate of drug-likeness (QED) is 0.778. The van der Waals surface area contributed by atoms with Crippen LogP contribution >= 0.6 is 0 Å². The first-order valence-electron chi connectivity index (χ1n) is 7.23. The third-order valence-corrected chi connectivity index (χ3v) is 4.08. The van der Waals surface area contributed by atoms with Gasteiger partial charge in [0.25, 0.3) is 0 Å². The molecule has 0 saturated heterocycles. The number of nitrogens with one attached hydrogen (secondary N) is 1. The van der Waals surface area contributed by atoms with Crippen molar-refractivity contribution in [1.29, 1.82) is 0 Å². The van der Waals surface area contributed by atoms with E-state index in [0.29, 0.717) is 5.75 Å². The van der Waals surface area contributed by atoms with Gasteiger partial charge < -0.3 is 10.4 Å². The van der Waals surface area contributed by atoms with Gasteiger partial charge in [0.2, 0.25) is 0 Å². The van der Waals surface area contributed by atoms with E-state index in [0.717, 1.165) is 30.5 Å². The van der Waals surface area contributed by atoms with Crippen LogP contribution in [0.1, 0.15) is 44.6 Å². The Hall–Kier alpha value is -1.02. The molecule has 18 heavy (non-hydrogen) atoms. The number of hydrogen-bond acceptors (Lipinski definition) is 2. The van der Waals surface area contributed by atoms with Crippen molar-refractivity contribution in [3.63, 3.8) is 0 Å². The summed E-state index contributed by atoms with van der Waals surface area (Å²) in [4.78, 5) is 0. The molecule has 0 amide bonds. The van der Waals surface area contributed by atoms with Gasteiger partial charge in [0.15, 0.2) is 0 Å². The van der Waals surface area contributed by atoms with Gasteiger partial charge in [-0.3, -0.25) is 0 Å². The fourth-order valence-electron chi connectivity index (χ4n) is 3.01. The second-order valence-corrected chi connectivity index (χ2v) is 5.73. The lowest BCUT2D eigenvalue weighted by atomic mass is 9.81. The average molecular weight is 247 g/mol. The van der Waals surface area contributed by atoms with Crippen LogP contribution in [-0.2, 0) is 6.54 Å². The number of benzene rings is 1. The largest absolute Gasteiger partial charge is 0.508 e. The zero-order valence-corrected chi connectivity index (χ0v) is 11.4. The lowest BCUT2D eigenvalue weighted by Gasteiger charge is -2.26. The van der Waals surface area contributed by atoms with E-state index < -0.39 is 0 Å². The summed E-state index contributed by atoms with van der Waals surface area (Å²) in [6.45, 7) is 4.21. The van der Waals surface area contributed by atoms with E-state index in [1.54, 1.807) is 6.07 Å². The van der Waals surface area contributed by atoms with E-state index in [9.17, 15) is 5.11 Å². The Kier molecular flexibility index (Phi) is 5.06. The summed E-state index contributed by atoms with van der Waals surface area (Å²) in [6, 6.07) is 7.56. The number of phenols is 1. The summed E-state index contributed by atoms with van der Waals surface area (Å²) in [6.07, 6.45) is 6.91. The Morgan fingerprint density at radius 1 is 1.28 bits per heavy atom. The fraction of sp³-hybridized carbons (Fsp3) is 0.625. The van der Waals surface area contributed by atoms with Gasteiger partial charge in [0.05, 0.1) is 0 Å². The third-order valence-electron chi connectivity index (χ3n) is 4.08. The summed E-state index contributed by atoms with van der Waals surface area (Å²) >= 11 is 0. The molecule has 0 radical (unpaired) electrons. The molecule has 1 aromatic rings. The Bertz CT molecular complexity index is 364. The van der Waals surface area contributed by atoms with E-state index in [2.05, 4.69) is 12.2 Å². The van der Waals surface area contributed by atoms with Crippen LogP contribution in [0.15, 0.2) is 24.3 Å². The maximum absolute atomic E-state index is 9.65. The summed E-state index contributed by atoms with van der Waals surface area (Å²) in [7, 11) is 0. The molecule has 0 spiro atoms. The van der Waals surface area contributed by atoms with E-state index in [1.807, 2.05) is 18.2 Å². The Labute approximate surface area is 110 Å². The SMILES string of the molecule is CC1CCCC(CCNCc2ccccc2O)C1. The van der Waals surface area contributed by atoms with Crippen molar-refractivity contribution >= 4 is 0 Å². The lowest BCUT2D eigenvalue weighted by molar-refractivity contribution is 0.267. The predicted molar refractivity (Wildman–Crippen MR) is 75.6 cm³/mol. The van der Waals surface area contributed by atoms with Crippen molar-refractivity contribution in [2.45, 2.75) is 45.6 Å². The Morgan fingerprint density at radius 3 is 2.89 bits per heavy atom. The second kappa shape index (κ2) is 6.79. The molecular formula is C16H25NO. The van der Waals surface area contributed by atoms with Gasteiger partial charge in [-0.1, -0.05) is 44.4 Å². The molecule has 2 rings (SSSR count). The van der Waals surface area contributed by atoms with Crippen LogP contribution in [0.25, 0.3) is 0 Å². The molecule has 1 aliphatic rings. The summed E-state index contributed by atoms with van der Waals surface area (Å²) in [5, 5.41) is 13.1. The van der Waals surface area contributed by atoms with Crippen molar-refractivity contribution in [3.8, 4) is 5.75 Å². The molecule has 2 N–H and O–H groups in total.